The predicted octanol–water partition coefficient (Wildman–Crippen LogP) is 13.2. The predicted molar refractivity (Wildman–Crippen MR) is 238 cm³/mol. The van der Waals surface area contributed by atoms with Gasteiger partial charge in [0, 0.05) is 64.1 Å². The van der Waals surface area contributed by atoms with Crippen molar-refractivity contribution in [3.8, 4) is 16.8 Å². The summed E-state index contributed by atoms with van der Waals surface area (Å²) >= 11 is 1.86. The monoisotopic (exact) mass is 748 g/mol. The Balaban J connectivity index is 0.945. The largest absolute Gasteiger partial charge is 0.456 e. The molecule has 0 amide bonds. The number of fused-ring (bicyclic) bond motifs is 9. The molecule has 0 fully saturated rings. The number of thiophene rings is 1. The van der Waals surface area contributed by atoms with Gasteiger partial charge in [0.15, 0.2) is 5.84 Å². The van der Waals surface area contributed by atoms with Gasteiger partial charge in [-0.3, -0.25) is 0 Å². The van der Waals surface area contributed by atoms with E-state index in [1.54, 1.807) is 0 Å². The summed E-state index contributed by atoms with van der Waals surface area (Å²) in [6, 6.07) is 64.5. The molecule has 268 valence electrons. The SMILES string of the molecule is c1ccc(C2=NC(c3ccc4c(c3)oc3ccc(-n5c6ccccc6c6cc(-c7ccc8sc9ccccc9c8c7)ccc65)cc34)NC(c3ccccc3)=N2)cc1. The summed E-state index contributed by atoms with van der Waals surface area (Å²) in [5, 5.41) is 10.8. The van der Waals surface area contributed by atoms with Crippen LogP contribution in [0.3, 0.4) is 0 Å². The highest BCUT2D eigenvalue weighted by Gasteiger charge is 2.23. The van der Waals surface area contributed by atoms with Gasteiger partial charge in [0.05, 0.1) is 11.0 Å². The van der Waals surface area contributed by atoms with E-state index in [0.717, 1.165) is 50.2 Å². The van der Waals surface area contributed by atoms with E-state index in [4.69, 9.17) is 14.4 Å². The van der Waals surface area contributed by atoms with Crippen molar-refractivity contribution in [2.24, 2.45) is 9.98 Å². The number of aromatic nitrogens is 1. The highest BCUT2D eigenvalue weighted by molar-refractivity contribution is 7.25. The first-order chi connectivity index (χ1) is 28.2. The van der Waals surface area contributed by atoms with E-state index in [0.29, 0.717) is 5.84 Å². The molecule has 1 aliphatic rings. The molecule has 1 N–H and O–H groups in total. The van der Waals surface area contributed by atoms with Gasteiger partial charge in [-0.05, 0) is 71.8 Å². The first-order valence-corrected chi connectivity index (χ1v) is 20.0. The molecule has 12 rings (SSSR count). The fraction of sp³-hybridized carbons (Fsp3) is 0.0196. The van der Waals surface area contributed by atoms with Crippen molar-refractivity contribution >= 4 is 86.9 Å². The van der Waals surface area contributed by atoms with Gasteiger partial charge < -0.3 is 14.3 Å². The van der Waals surface area contributed by atoms with Crippen LogP contribution in [0.4, 0.5) is 0 Å². The molecule has 6 heteroatoms. The number of hydrogen-bond acceptors (Lipinski definition) is 5. The lowest BCUT2D eigenvalue weighted by Gasteiger charge is -2.23. The number of nitrogens with one attached hydrogen (secondary N) is 1. The molecule has 0 bridgehead atoms. The second kappa shape index (κ2) is 12.6. The maximum absolute atomic E-state index is 6.56. The van der Waals surface area contributed by atoms with Gasteiger partial charge in [0.2, 0.25) is 0 Å². The third-order valence-corrected chi connectivity index (χ3v) is 12.4. The van der Waals surface area contributed by atoms with Crippen LogP contribution in [0.15, 0.2) is 196 Å². The van der Waals surface area contributed by atoms with Crippen molar-refractivity contribution in [2.45, 2.75) is 6.17 Å². The first-order valence-electron chi connectivity index (χ1n) is 19.2. The minimum atomic E-state index is -0.338. The van der Waals surface area contributed by atoms with Gasteiger partial charge >= 0.3 is 0 Å². The second-order valence-corrected chi connectivity index (χ2v) is 15.7. The molecule has 1 unspecified atom stereocenters. The number of aliphatic imine (C=N–C) groups is 2. The Morgan fingerprint density at radius 2 is 1.18 bits per heavy atom. The van der Waals surface area contributed by atoms with E-state index < -0.39 is 0 Å². The van der Waals surface area contributed by atoms with Crippen LogP contribution >= 0.6 is 11.3 Å². The number of nitrogens with zero attached hydrogens (tertiary/aromatic N) is 3. The average molecular weight is 749 g/mol. The lowest BCUT2D eigenvalue weighted by molar-refractivity contribution is 0.655. The molecular formula is C51H32N4OS. The molecule has 1 aliphatic heterocycles. The minimum Gasteiger partial charge on any atom is -0.456 e. The third-order valence-electron chi connectivity index (χ3n) is 11.3. The maximum Gasteiger partial charge on any atom is 0.159 e. The van der Waals surface area contributed by atoms with Crippen molar-refractivity contribution in [2.75, 3.05) is 0 Å². The average Bonchev–Trinajstić information content (AvgIpc) is 3.95. The standard InChI is InChI=1S/C51H32N4OS/c1-3-11-31(12-4-1)49-52-50(32-13-5-2-6-14-32)54-51(53-49)35-19-23-38-41-30-36(22-25-45(41)56-46(38)29-35)55-43-17-9-7-15-37(43)40-27-33(20-24-44(40)55)34-21-26-48-42(28-34)39-16-8-10-18-47(39)57-48/h1-30,51H,(H,52,53,54). The van der Waals surface area contributed by atoms with E-state index in [1.165, 1.54) is 53.1 Å². The zero-order chi connectivity index (χ0) is 37.5. The van der Waals surface area contributed by atoms with Crippen LogP contribution in [0.2, 0.25) is 0 Å². The highest BCUT2D eigenvalue weighted by atomic mass is 32.1. The number of amidine groups is 2. The van der Waals surface area contributed by atoms with Crippen molar-refractivity contribution < 1.29 is 4.42 Å². The summed E-state index contributed by atoms with van der Waals surface area (Å²) in [7, 11) is 0. The van der Waals surface area contributed by atoms with Crippen molar-refractivity contribution in [1.82, 2.24) is 9.88 Å². The van der Waals surface area contributed by atoms with Crippen LogP contribution in [0, 0.1) is 0 Å². The molecule has 0 spiro atoms. The Kier molecular flexibility index (Phi) is 7.09. The Bertz CT molecular complexity index is 3450. The molecule has 4 heterocycles. The molecule has 57 heavy (non-hydrogen) atoms. The highest BCUT2D eigenvalue weighted by Crippen LogP contribution is 2.40. The number of furan rings is 1. The Labute approximate surface area is 331 Å². The lowest BCUT2D eigenvalue weighted by atomic mass is 10.0. The van der Waals surface area contributed by atoms with Gasteiger partial charge in [-0.2, -0.15) is 0 Å². The number of para-hydroxylation sites is 1. The molecule has 0 saturated heterocycles. The van der Waals surface area contributed by atoms with Crippen LogP contribution in [0.5, 0.6) is 0 Å². The minimum absolute atomic E-state index is 0.338. The van der Waals surface area contributed by atoms with Crippen LogP contribution in [-0.2, 0) is 0 Å². The third kappa shape index (κ3) is 5.22. The van der Waals surface area contributed by atoms with Gasteiger partial charge in [0.1, 0.15) is 23.2 Å². The van der Waals surface area contributed by atoms with Crippen LogP contribution in [0.1, 0.15) is 22.9 Å². The van der Waals surface area contributed by atoms with Crippen molar-refractivity contribution in [3.63, 3.8) is 0 Å². The van der Waals surface area contributed by atoms with E-state index in [-0.39, 0.29) is 6.17 Å². The summed E-state index contributed by atoms with van der Waals surface area (Å²) < 4.78 is 11.6. The van der Waals surface area contributed by atoms with E-state index >= 15 is 0 Å². The van der Waals surface area contributed by atoms with Crippen LogP contribution in [-0.4, -0.2) is 16.2 Å². The topological polar surface area (TPSA) is 54.8 Å². The van der Waals surface area contributed by atoms with Gasteiger partial charge in [0.25, 0.3) is 0 Å². The summed E-state index contributed by atoms with van der Waals surface area (Å²) in [4.78, 5) is 10.0. The Morgan fingerprint density at radius 1 is 0.474 bits per heavy atom. The van der Waals surface area contributed by atoms with Crippen LogP contribution < -0.4 is 5.32 Å². The lowest BCUT2D eigenvalue weighted by Crippen LogP contribution is -2.33. The molecule has 0 radical (unpaired) electrons. The molecule has 3 aromatic heterocycles. The smallest absolute Gasteiger partial charge is 0.159 e. The molecule has 1 atom stereocenters. The molecule has 5 nitrogen and oxygen atoms in total. The zero-order valence-electron chi connectivity index (χ0n) is 30.6. The summed E-state index contributed by atoms with van der Waals surface area (Å²) in [5.41, 5.74) is 10.5. The van der Waals surface area contributed by atoms with E-state index in [9.17, 15) is 0 Å². The first kappa shape index (κ1) is 32.0. The van der Waals surface area contributed by atoms with Gasteiger partial charge in [-0.25, -0.2) is 9.98 Å². The number of benzene rings is 8. The summed E-state index contributed by atoms with van der Waals surface area (Å²) in [6.45, 7) is 0. The molecule has 8 aromatic carbocycles. The summed E-state index contributed by atoms with van der Waals surface area (Å²) in [5.74, 6) is 1.49. The zero-order valence-corrected chi connectivity index (χ0v) is 31.4. The normalized spacial score (nSPS) is 14.5. The summed E-state index contributed by atoms with van der Waals surface area (Å²) in [6.07, 6.45) is -0.338. The molecule has 0 aliphatic carbocycles. The Hall–Kier alpha value is -7.28. The fourth-order valence-corrected chi connectivity index (χ4v) is 9.59. The maximum atomic E-state index is 6.56. The van der Waals surface area contributed by atoms with Crippen molar-refractivity contribution in [3.05, 3.63) is 199 Å². The van der Waals surface area contributed by atoms with Gasteiger partial charge in [-0.15, -0.1) is 11.3 Å². The molecular weight excluding hydrogens is 717 g/mol. The fourth-order valence-electron chi connectivity index (χ4n) is 8.51. The van der Waals surface area contributed by atoms with Crippen molar-refractivity contribution in [1.29, 1.82) is 0 Å². The Morgan fingerprint density at radius 3 is 2.04 bits per heavy atom. The van der Waals surface area contributed by atoms with Gasteiger partial charge in [-0.1, -0.05) is 121 Å². The quantitative estimate of drug-likeness (QED) is 0.191. The van der Waals surface area contributed by atoms with E-state index in [2.05, 4.69) is 155 Å². The van der Waals surface area contributed by atoms with Crippen LogP contribution in [0.25, 0.3) is 80.7 Å². The molecule has 11 aromatic rings. The second-order valence-electron chi connectivity index (χ2n) is 14.6. The van der Waals surface area contributed by atoms with E-state index in [1.807, 2.05) is 47.7 Å². The molecule has 0 saturated carbocycles. The number of hydrogen-bond donors (Lipinski definition) is 1. The number of rotatable bonds is 5.